The molecule has 1 aromatic heterocycles. The van der Waals surface area contributed by atoms with Gasteiger partial charge in [0.15, 0.2) is 13.2 Å². The number of hydrogen-bond donors (Lipinski definition) is 1. The summed E-state index contributed by atoms with van der Waals surface area (Å²) in [4.78, 5) is 35.4. The number of fused-ring (bicyclic) bond motifs is 1. The van der Waals surface area contributed by atoms with Gasteiger partial charge >= 0.3 is 11.6 Å². The highest BCUT2D eigenvalue weighted by Crippen LogP contribution is 2.22. The maximum absolute atomic E-state index is 12.0. The quantitative estimate of drug-likeness (QED) is 0.432. The first-order valence-corrected chi connectivity index (χ1v) is 10.1. The first kappa shape index (κ1) is 22.1. The smallest absolute Gasteiger partial charge is 0.344 e. The lowest BCUT2D eigenvalue weighted by molar-refractivity contribution is -0.149. The van der Waals surface area contributed by atoms with Crippen LogP contribution in [-0.4, -0.2) is 25.1 Å². The average molecular weight is 423 g/mol. The molecule has 3 aromatic rings. The molecule has 0 aliphatic heterocycles. The van der Waals surface area contributed by atoms with E-state index in [0.29, 0.717) is 22.9 Å². The molecule has 31 heavy (non-hydrogen) atoms. The molecule has 0 fully saturated rings. The molecule has 7 nitrogen and oxygen atoms in total. The van der Waals surface area contributed by atoms with Crippen molar-refractivity contribution < 1.29 is 23.5 Å². The standard InChI is InChI=1S/C24H25NO6/c1-4-15(2)17-5-7-18(8-6-17)25-22(26)13-30-24(28)14-29-19-9-10-20-16(3)11-23(27)31-21(20)12-19/h5-12,15H,4,13-14H2,1-3H3,(H,25,26)/t15-/m0/s1. The third kappa shape index (κ3) is 5.94. The Hall–Kier alpha value is -3.61. The van der Waals surface area contributed by atoms with Crippen LogP contribution >= 0.6 is 0 Å². The molecule has 0 unspecified atom stereocenters. The van der Waals surface area contributed by atoms with E-state index < -0.39 is 24.1 Å². The van der Waals surface area contributed by atoms with Crippen molar-refractivity contribution in [3.05, 3.63) is 70.1 Å². The van der Waals surface area contributed by atoms with Crippen molar-refractivity contribution in [3.8, 4) is 5.75 Å². The highest BCUT2D eigenvalue weighted by atomic mass is 16.6. The van der Waals surface area contributed by atoms with Gasteiger partial charge < -0.3 is 19.2 Å². The molecular weight excluding hydrogens is 398 g/mol. The summed E-state index contributed by atoms with van der Waals surface area (Å²) < 4.78 is 15.5. The van der Waals surface area contributed by atoms with Crippen LogP contribution in [0.25, 0.3) is 11.0 Å². The van der Waals surface area contributed by atoms with E-state index in [1.54, 1.807) is 12.1 Å². The van der Waals surface area contributed by atoms with E-state index in [9.17, 15) is 14.4 Å². The fourth-order valence-corrected chi connectivity index (χ4v) is 3.05. The zero-order valence-electron chi connectivity index (χ0n) is 17.8. The van der Waals surface area contributed by atoms with E-state index in [-0.39, 0.29) is 6.61 Å². The van der Waals surface area contributed by atoms with Crippen LogP contribution in [0.1, 0.15) is 37.3 Å². The van der Waals surface area contributed by atoms with Crippen molar-refractivity contribution in [2.75, 3.05) is 18.5 Å². The molecule has 0 saturated carbocycles. The predicted octanol–water partition coefficient (Wildman–Crippen LogP) is 4.18. The number of anilines is 1. The van der Waals surface area contributed by atoms with Gasteiger partial charge in [-0.05, 0) is 54.7 Å². The van der Waals surface area contributed by atoms with Crippen molar-refractivity contribution in [1.29, 1.82) is 0 Å². The Morgan fingerprint density at radius 2 is 1.81 bits per heavy atom. The third-order valence-corrected chi connectivity index (χ3v) is 5.02. The first-order valence-electron chi connectivity index (χ1n) is 10.1. The van der Waals surface area contributed by atoms with Gasteiger partial charge in [-0.15, -0.1) is 0 Å². The Kier molecular flexibility index (Phi) is 7.07. The largest absolute Gasteiger partial charge is 0.482 e. The second-order valence-corrected chi connectivity index (χ2v) is 7.34. The molecule has 0 aliphatic carbocycles. The monoisotopic (exact) mass is 423 g/mol. The van der Waals surface area contributed by atoms with Crippen molar-refractivity contribution in [2.45, 2.75) is 33.1 Å². The second kappa shape index (κ2) is 9.93. The molecule has 0 bridgehead atoms. The number of benzene rings is 2. The van der Waals surface area contributed by atoms with Crippen molar-refractivity contribution in [2.24, 2.45) is 0 Å². The topological polar surface area (TPSA) is 94.8 Å². The van der Waals surface area contributed by atoms with Crippen LogP contribution in [0.5, 0.6) is 5.75 Å². The fraction of sp³-hybridized carbons (Fsp3) is 0.292. The molecule has 2 aromatic carbocycles. The Bertz CT molecular complexity index is 1130. The molecule has 162 valence electrons. The fourth-order valence-electron chi connectivity index (χ4n) is 3.05. The van der Waals surface area contributed by atoms with E-state index in [1.165, 1.54) is 17.7 Å². The van der Waals surface area contributed by atoms with Gasteiger partial charge in [0.05, 0.1) is 0 Å². The number of rotatable bonds is 8. The summed E-state index contributed by atoms with van der Waals surface area (Å²) in [7, 11) is 0. The van der Waals surface area contributed by atoms with Crippen LogP contribution in [0.15, 0.2) is 57.7 Å². The molecule has 1 N–H and O–H groups in total. The number of hydrogen-bond acceptors (Lipinski definition) is 6. The lowest BCUT2D eigenvalue weighted by atomic mass is 9.99. The summed E-state index contributed by atoms with van der Waals surface area (Å²) in [6, 6.07) is 13.9. The third-order valence-electron chi connectivity index (χ3n) is 5.02. The van der Waals surface area contributed by atoms with E-state index in [1.807, 2.05) is 31.2 Å². The minimum absolute atomic E-state index is 0.351. The number of amides is 1. The van der Waals surface area contributed by atoms with E-state index in [2.05, 4.69) is 19.2 Å². The molecule has 0 saturated heterocycles. The zero-order chi connectivity index (χ0) is 22.4. The van der Waals surface area contributed by atoms with Crippen LogP contribution in [0.4, 0.5) is 5.69 Å². The summed E-state index contributed by atoms with van der Waals surface area (Å²) in [5.41, 5.74) is 2.54. The molecule has 0 aliphatic rings. The Morgan fingerprint density at radius 3 is 2.52 bits per heavy atom. The van der Waals surface area contributed by atoms with Gasteiger partial charge in [0.1, 0.15) is 11.3 Å². The summed E-state index contributed by atoms with van der Waals surface area (Å²) >= 11 is 0. The van der Waals surface area contributed by atoms with Crippen LogP contribution in [0.3, 0.4) is 0 Å². The van der Waals surface area contributed by atoms with E-state index >= 15 is 0 Å². The van der Waals surface area contributed by atoms with Crippen LogP contribution < -0.4 is 15.7 Å². The summed E-state index contributed by atoms with van der Waals surface area (Å²) in [6.45, 7) is 5.28. The van der Waals surface area contributed by atoms with Crippen LogP contribution in [0, 0.1) is 6.92 Å². The van der Waals surface area contributed by atoms with Crippen LogP contribution in [-0.2, 0) is 14.3 Å². The molecule has 1 amide bonds. The first-order chi connectivity index (χ1) is 14.9. The van der Waals surface area contributed by atoms with Crippen molar-refractivity contribution in [3.63, 3.8) is 0 Å². The second-order valence-electron chi connectivity index (χ2n) is 7.34. The Labute approximate surface area is 180 Å². The maximum Gasteiger partial charge on any atom is 0.344 e. The van der Waals surface area contributed by atoms with E-state index in [4.69, 9.17) is 13.9 Å². The minimum atomic E-state index is -0.687. The lowest BCUT2D eigenvalue weighted by Gasteiger charge is -2.11. The van der Waals surface area contributed by atoms with Crippen molar-refractivity contribution >= 4 is 28.5 Å². The lowest BCUT2D eigenvalue weighted by Crippen LogP contribution is -2.23. The van der Waals surface area contributed by atoms with Gasteiger partial charge in [0.25, 0.3) is 5.91 Å². The predicted molar refractivity (Wildman–Crippen MR) is 117 cm³/mol. The molecule has 0 radical (unpaired) electrons. The molecule has 0 spiro atoms. The maximum atomic E-state index is 12.0. The molecule has 3 rings (SSSR count). The molecular formula is C24H25NO6. The van der Waals surface area contributed by atoms with Crippen LogP contribution in [0.2, 0.25) is 0 Å². The molecule has 1 heterocycles. The van der Waals surface area contributed by atoms with Gasteiger partial charge in [-0.3, -0.25) is 4.79 Å². The SMILES string of the molecule is CC[C@H](C)c1ccc(NC(=O)COC(=O)COc2ccc3c(C)cc(=O)oc3c2)cc1. The van der Waals surface area contributed by atoms with E-state index in [0.717, 1.165) is 17.4 Å². The summed E-state index contributed by atoms with van der Waals surface area (Å²) in [6.07, 6.45) is 1.04. The minimum Gasteiger partial charge on any atom is -0.482 e. The van der Waals surface area contributed by atoms with Gasteiger partial charge in [-0.25, -0.2) is 9.59 Å². The highest BCUT2D eigenvalue weighted by molar-refractivity contribution is 5.92. The van der Waals surface area contributed by atoms with Gasteiger partial charge in [0.2, 0.25) is 0 Å². The Morgan fingerprint density at radius 1 is 1.06 bits per heavy atom. The molecule has 7 heteroatoms. The van der Waals surface area contributed by atoms with Gasteiger partial charge in [-0.2, -0.15) is 0 Å². The van der Waals surface area contributed by atoms with Gasteiger partial charge in [0, 0.05) is 23.2 Å². The number of esters is 1. The Balaban J connectivity index is 1.47. The zero-order valence-corrected chi connectivity index (χ0v) is 17.8. The number of carbonyl (C=O) groups excluding carboxylic acids is 2. The summed E-state index contributed by atoms with van der Waals surface area (Å²) in [5.74, 6) is -0.321. The highest BCUT2D eigenvalue weighted by Gasteiger charge is 2.11. The van der Waals surface area contributed by atoms with Gasteiger partial charge in [-0.1, -0.05) is 26.0 Å². The van der Waals surface area contributed by atoms with Crippen molar-refractivity contribution in [1.82, 2.24) is 0 Å². The number of carbonyl (C=O) groups is 2. The molecule has 1 atom stereocenters. The number of nitrogens with one attached hydrogen (secondary N) is 1. The number of ether oxygens (including phenoxy) is 2. The average Bonchev–Trinajstić information content (AvgIpc) is 2.75. The number of aryl methyl sites for hydroxylation is 1. The normalized spacial score (nSPS) is 11.7. The summed E-state index contributed by atoms with van der Waals surface area (Å²) in [5, 5.41) is 3.47.